The SMILES string of the molecule is COC(=O)c1c(NC(=O)CCN)sc2c1C(C(=O)OC)CC2. The van der Waals surface area contributed by atoms with Crippen LogP contribution in [0.2, 0.25) is 0 Å². The second-order valence-electron chi connectivity index (χ2n) is 4.84. The number of esters is 2. The largest absolute Gasteiger partial charge is 0.469 e. The minimum absolute atomic E-state index is 0.156. The van der Waals surface area contributed by atoms with Crippen LogP contribution >= 0.6 is 11.3 Å². The quantitative estimate of drug-likeness (QED) is 0.782. The maximum atomic E-state index is 12.1. The fourth-order valence-corrected chi connectivity index (χ4v) is 3.84. The van der Waals surface area contributed by atoms with E-state index in [1.54, 1.807) is 0 Å². The first-order chi connectivity index (χ1) is 10.5. The van der Waals surface area contributed by atoms with Crippen molar-refractivity contribution >= 4 is 34.2 Å². The first kappa shape index (κ1) is 16.4. The summed E-state index contributed by atoms with van der Waals surface area (Å²) in [6.45, 7) is 0.218. The van der Waals surface area contributed by atoms with Gasteiger partial charge in [0.25, 0.3) is 0 Å². The second-order valence-corrected chi connectivity index (χ2v) is 5.94. The number of amides is 1. The summed E-state index contributed by atoms with van der Waals surface area (Å²) in [7, 11) is 2.58. The molecular weight excluding hydrogens is 308 g/mol. The number of aryl methyl sites for hydroxylation is 1. The minimum atomic E-state index is -0.573. The molecule has 0 saturated carbocycles. The molecular formula is C14H18N2O5S. The van der Waals surface area contributed by atoms with Crippen molar-refractivity contribution < 1.29 is 23.9 Å². The van der Waals surface area contributed by atoms with E-state index in [1.807, 2.05) is 0 Å². The molecule has 0 saturated heterocycles. The highest BCUT2D eigenvalue weighted by Gasteiger charge is 2.38. The number of rotatable bonds is 5. The molecule has 0 aliphatic heterocycles. The third kappa shape index (κ3) is 2.97. The van der Waals surface area contributed by atoms with Gasteiger partial charge in [-0.3, -0.25) is 9.59 Å². The smallest absolute Gasteiger partial charge is 0.341 e. The Morgan fingerprint density at radius 1 is 1.32 bits per heavy atom. The Balaban J connectivity index is 2.43. The molecule has 1 aliphatic carbocycles. The van der Waals surface area contributed by atoms with Crippen molar-refractivity contribution in [2.45, 2.75) is 25.2 Å². The monoisotopic (exact) mass is 326 g/mol. The van der Waals surface area contributed by atoms with Crippen LogP contribution in [0.25, 0.3) is 0 Å². The van der Waals surface area contributed by atoms with Gasteiger partial charge in [-0.25, -0.2) is 4.79 Å². The summed E-state index contributed by atoms with van der Waals surface area (Å²) in [5.41, 5.74) is 6.22. The number of nitrogens with one attached hydrogen (secondary N) is 1. The van der Waals surface area contributed by atoms with Crippen LogP contribution in [0.4, 0.5) is 5.00 Å². The van der Waals surface area contributed by atoms with E-state index < -0.39 is 11.9 Å². The summed E-state index contributed by atoms with van der Waals surface area (Å²) in [6, 6.07) is 0. The lowest BCUT2D eigenvalue weighted by Gasteiger charge is -2.11. The van der Waals surface area contributed by atoms with Gasteiger partial charge in [-0.05, 0) is 18.4 Å². The van der Waals surface area contributed by atoms with Crippen LogP contribution in [-0.2, 0) is 25.5 Å². The number of hydrogen-bond donors (Lipinski definition) is 2. The van der Waals surface area contributed by atoms with Crippen LogP contribution < -0.4 is 11.1 Å². The van der Waals surface area contributed by atoms with Crippen LogP contribution in [0.5, 0.6) is 0 Å². The van der Waals surface area contributed by atoms with Crippen LogP contribution in [0, 0.1) is 0 Å². The Hall–Kier alpha value is -1.93. The molecule has 0 bridgehead atoms. The van der Waals surface area contributed by atoms with Gasteiger partial charge in [-0.1, -0.05) is 0 Å². The molecule has 120 valence electrons. The molecule has 1 unspecified atom stereocenters. The molecule has 1 aromatic heterocycles. The maximum Gasteiger partial charge on any atom is 0.341 e. The molecule has 1 aliphatic rings. The van der Waals surface area contributed by atoms with E-state index in [0.29, 0.717) is 23.4 Å². The second kappa shape index (κ2) is 6.89. The number of carbonyl (C=O) groups is 3. The molecule has 1 heterocycles. The number of ether oxygens (including phenoxy) is 2. The normalized spacial score (nSPS) is 16.0. The van der Waals surface area contributed by atoms with Crippen molar-refractivity contribution in [3.05, 3.63) is 16.0 Å². The van der Waals surface area contributed by atoms with E-state index in [1.165, 1.54) is 25.6 Å². The summed E-state index contributed by atoms with van der Waals surface area (Å²) in [5, 5.41) is 3.09. The molecule has 1 aromatic rings. The van der Waals surface area contributed by atoms with E-state index in [4.69, 9.17) is 15.2 Å². The van der Waals surface area contributed by atoms with Gasteiger partial charge in [0.2, 0.25) is 5.91 Å². The molecule has 0 spiro atoms. The lowest BCUT2D eigenvalue weighted by atomic mass is 9.99. The van der Waals surface area contributed by atoms with Gasteiger partial charge in [-0.15, -0.1) is 11.3 Å². The van der Waals surface area contributed by atoms with Crippen molar-refractivity contribution in [2.24, 2.45) is 5.73 Å². The van der Waals surface area contributed by atoms with Crippen LogP contribution in [-0.4, -0.2) is 38.6 Å². The molecule has 1 atom stereocenters. The molecule has 7 nitrogen and oxygen atoms in total. The van der Waals surface area contributed by atoms with Crippen LogP contribution in [0.1, 0.15) is 39.6 Å². The topological polar surface area (TPSA) is 108 Å². The van der Waals surface area contributed by atoms with Crippen molar-refractivity contribution in [1.29, 1.82) is 0 Å². The van der Waals surface area contributed by atoms with E-state index in [9.17, 15) is 14.4 Å². The molecule has 0 aromatic carbocycles. The van der Waals surface area contributed by atoms with Crippen molar-refractivity contribution in [3.63, 3.8) is 0 Å². The van der Waals surface area contributed by atoms with E-state index >= 15 is 0 Å². The molecule has 22 heavy (non-hydrogen) atoms. The number of anilines is 1. The lowest BCUT2D eigenvalue weighted by molar-refractivity contribution is -0.142. The summed E-state index contributed by atoms with van der Waals surface area (Å²) >= 11 is 1.30. The van der Waals surface area contributed by atoms with Crippen LogP contribution in [0.3, 0.4) is 0 Å². The van der Waals surface area contributed by atoms with E-state index in [2.05, 4.69) is 5.32 Å². The number of thiophene rings is 1. The number of nitrogens with two attached hydrogens (primary N) is 1. The third-order valence-corrected chi connectivity index (χ3v) is 4.71. The molecule has 0 radical (unpaired) electrons. The molecule has 1 amide bonds. The number of hydrogen-bond acceptors (Lipinski definition) is 7. The van der Waals surface area contributed by atoms with Crippen molar-refractivity contribution in [3.8, 4) is 0 Å². The van der Waals surface area contributed by atoms with Crippen LogP contribution in [0.15, 0.2) is 0 Å². The van der Waals surface area contributed by atoms with Crippen molar-refractivity contribution in [1.82, 2.24) is 0 Å². The van der Waals surface area contributed by atoms with Gasteiger partial charge >= 0.3 is 11.9 Å². The standard InChI is InChI=1S/C14H18N2O5S/c1-20-13(18)7-3-4-8-10(7)11(14(19)21-2)12(22-8)16-9(17)5-6-15/h7H,3-6,15H2,1-2H3,(H,16,17). The van der Waals surface area contributed by atoms with Gasteiger partial charge in [0.05, 0.1) is 25.7 Å². The number of methoxy groups -OCH3 is 2. The third-order valence-electron chi connectivity index (χ3n) is 3.53. The molecule has 8 heteroatoms. The Bertz CT molecular complexity index is 611. The maximum absolute atomic E-state index is 12.1. The number of fused-ring (bicyclic) bond motifs is 1. The zero-order valence-electron chi connectivity index (χ0n) is 12.4. The van der Waals surface area contributed by atoms with Gasteiger partial charge in [0.1, 0.15) is 5.00 Å². The highest BCUT2D eigenvalue weighted by molar-refractivity contribution is 7.17. The zero-order valence-corrected chi connectivity index (χ0v) is 13.2. The highest BCUT2D eigenvalue weighted by atomic mass is 32.1. The molecule has 3 N–H and O–H groups in total. The fourth-order valence-electron chi connectivity index (χ4n) is 2.56. The minimum Gasteiger partial charge on any atom is -0.469 e. The van der Waals surface area contributed by atoms with Gasteiger partial charge < -0.3 is 20.5 Å². The van der Waals surface area contributed by atoms with Crippen molar-refractivity contribution in [2.75, 3.05) is 26.1 Å². The predicted octanol–water partition coefficient (Wildman–Crippen LogP) is 1.02. The number of carbonyl (C=O) groups excluding carboxylic acids is 3. The van der Waals surface area contributed by atoms with Gasteiger partial charge in [0, 0.05) is 17.8 Å². The summed E-state index contributed by atoms with van der Waals surface area (Å²) in [5.74, 6) is -1.73. The molecule has 2 rings (SSSR count). The molecule has 0 fully saturated rings. The zero-order chi connectivity index (χ0) is 16.3. The first-order valence-corrected chi connectivity index (χ1v) is 7.66. The summed E-state index contributed by atoms with van der Waals surface area (Å²) in [6.07, 6.45) is 1.41. The Kier molecular flexibility index (Phi) is 5.15. The summed E-state index contributed by atoms with van der Waals surface area (Å²) < 4.78 is 9.60. The Morgan fingerprint density at radius 3 is 2.64 bits per heavy atom. The highest BCUT2D eigenvalue weighted by Crippen LogP contribution is 2.45. The Labute approximate surface area is 131 Å². The van der Waals surface area contributed by atoms with E-state index in [0.717, 1.165) is 4.88 Å². The first-order valence-electron chi connectivity index (χ1n) is 6.85. The average Bonchev–Trinajstić information content (AvgIpc) is 3.04. The average molecular weight is 326 g/mol. The Morgan fingerprint density at radius 2 is 2.05 bits per heavy atom. The summed E-state index contributed by atoms with van der Waals surface area (Å²) in [4.78, 5) is 36.7. The van der Waals surface area contributed by atoms with E-state index in [-0.39, 0.29) is 30.4 Å². The van der Waals surface area contributed by atoms with Gasteiger partial charge in [0.15, 0.2) is 0 Å². The lowest BCUT2D eigenvalue weighted by Crippen LogP contribution is -2.19. The fraction of sp³-hybridized carbons (Fsp3) is 0.500. The van der Waals surface area contributed by atoms with Gasteiger partial charge in [-0.2, -0.15) is 0 Å². The predicted molar refractivity (Wildman–Crippen MR) is 81.0 cm³/mol.